The van der Waals surface area contributed by atoms with Crippen molar-refractivity contribution in [1.82, 2.24) is 4.90 Å². The number of hydrogen-bond acceptors (Lipinski definition) is 3. The molecule has 100 valence electrons. The molecule has 2 rings (SSSR count). The average molecular weight is 250 g/mol. The number of rotatable bonds is 4. The maximum absolute atomic E-state index is 12.1. The van der Waals surface area contributed by atoms with Crippen LogP contribution in [0.1, 0.15) is 43.6 Å². The first-order valence-corrected chi connectivity index (χ1v) is 6.57. The van der Waals surface area contributed by atoms with Crippen LogP contribution in [-0.4, -0.2) is 23.4 Å². The molecule has 0 bridgehead atoms. The lowest BCUT2D eigenvalue weighted by Gasteiger charge is -2.25. The number of hydrogen-bond donors (Lipinski definition) is 1. The van der Waals surface area contributed by atoms with E-state index >= 15 is 0 Å². The smallest absolute Gasteiger partial charge is 0.224 e. The molecule has 4 heteroatoms. The summed E-state index contributed by atoms with van der Waals surface area (Å²) in [6.45, 7) is 2.42. The Morgan fingerprint density at radius 1 is 1.44 bits per heavy atom. The molecule has 1 aromatic heterocycles. The first-order chi connectivity index (χ1) is 8.48. The summed E-state index contributed by atoms with van der Waals surface area (Å²) in [5, 5.41) is 0. The van der Waals surface area contributed by atoms with Crippen molar-refractivity contribution in [2.24, 2.45) is 5.73 Å². The molecule has 0 atom stereocenters. The molecule has 0 aromatic carbocycles. The summed E-state index contributed by atoms with van der Waals surface area (Å²) < 4.78 is 5.47. The zero-order valence-electron chi connectivity index (χ0n) is 11.2. The average Bonchev–Trinajstić information content (AvgIpc) is 2.88. The first-order valence-electron chi connectivity index (χ1n) is 6.57. The van der Waals surface area contributed by atoms with Gasteiger partial charge in [0, 0.05) is 19.0 Å². The van der Waals surface area contributed by atoms with E-state index in [0.717, 1.165) is 37.2 Å². The normalized spacial score (nSPS) is 17.9. The van der Waals surface area contributed by atoms with Crippen molar-refractivity contribution in [2.45, 2.75) is 51.1 Å². The fraction of sp³-hybridized carbons (Fsp3) is 0.643. The maximum atomic E-state index is 12.1. The van der Waals surface area contributed by atoms with Gasteiger partial charge in [-0.1, -0.05) is 12.8 Å². The van der Waals surface area contributed by atoms with Gasteiger partial charge in [-0.05, 0) is 31.9 Å². The molecule has 2 N–H and O–H groups in total. The predicted molar refractivity (Wildman–Crippen MR) is 69.9 cm³/mol. The molecule has 1 amide bonds. The van der Waals surface area contributed by atoms with Crippen molar-refractivity contribution in [3.05, 3.63) is 23.7 Å². The van der Waals surface area contributed by atoms with Gasteiger partial charge in [-0.3, -0.25) is 4.79 Å². The molecule has 4 nitrogen and oxygen atoms in total. The second-order valence-electron chi connectivity index (χ2n) is 5.51. The van der Waals surface area contributed by atoms with Gasteiger partial charge in [-0.15, -0.1) is 0 Å². The lowest BCUT2D eigenvalue weighted by molar-refractivity contribution is -0.131. The summed E-state index contributed by atoms with van der Waals surface area (Å²) in [6, 6.07) is 3.82. The third-order valence-electron chi connectivity index (χ3n) is 3.72. The van der Waals surface area contributed by atoms with Crippen LogP contribution < -0.4 is 5.73 Å². The van der Waals surface area contributed by atoms with Crippen LogP contribution in [0.15, 0.2) is 16.5 Å². The molecule has 1 heterocycles. The summed E-state index contributed by atoms with van der Waals surface area (Å²) >= 11 is 0. The van der Waals surface area contributed by atoms with Crippen molar-refractivity contribution < 1.29 is 9.21 Å². The third kappa shape index (κ3) is 3.13. The minimum Gasteiger partial charge on any atom is -0.464 e. The first kappa shape index (κ1) is 13.1. The summed E-state index contributed by atoms with van der Waals surface area (Å²) in [5.41, 5.74) is 5.95. The summed E-state index contributed by atoms with van der Waals surface area (Å²) in [7, 11) is 1.80. The van der Waals surface area contributed by atoms with Gasteiger partial charge in [0.1, 0.15) is 11.5 Å². The van der Waals surface area contributed by atoms with Gasteiger partial charge in [0.25, 0.3) is 0 Å². The van der Waals surface area contributed by atoms with E-state index in [-0.39, 0.29) is 11.4 Å². The largest absolute Gasteiger partial charge is 0.464 e. The van der Waals surface area contributed by atoms with Crippen molar-refractivity contribution >= 4 is 5.91 Å². The van der Waals surface area contributed by atoms with E-state index in [1.807, 2.05) is 19.1 Å². The Hall–Kier alpha value is -1.29. The Morgan fingerprint density at radius 3 is 2.67 bits per heavy atom. The van der Waals surface area contributed by atoms with Gasteiger partial charge in [0.05, 0.1) is 6.54 Å². The van der Waals surface area contributed by atoms with E-state index < -0.39 is 0 Å². The zero-order chi connectivity index (χ0) is 13.2. The van der Waals surface area contributed by atoms with E-state index in [2.05, 4.69) is 0 Å². The van der Waals surface area contributed by atoms with Crippen LogP contribution >= 0.6 is 0 Å². The minimum absolute atomic E-state index is 0.105. The highest BCUT2D eigenvalue weighted by molar-refractivity contribution is 5.77. The Kier molecular flexibility index (Phi) is 3.76. The number of carbonyl (C=O) groups is 1. The molecule has 0 spiro atoms. The SMILES string of the molecule is Cc1ccc(CN(C)C(=O)CC2(N)CCCC2)o1. The van der Waals surface area contributed by atoms with Crippen molar-refractivity contribution in [1.29, 1.82) is 0 Å². The molecule has 1 aromatic rings. The lowest BCUT2D eigenvalue weighted by atomic mass is 9.94. The van der Waals surface area contributed by atoms with Crippen molar-refractivity contribution in [2.75, 3.05) is 7.05 Å². The van der Waals surface area contributed by atoms with Gasteiger partial charge in [0.2, 0.25) is 5.91 Å². The summed E-state index contributed by atoms with van der Waals surface area (Å²) in [5.74, 6) is 1.80. The number of nitrogens with two attached hydrogens (primary N) is 1. The number of nitrogens with zero attached hydrogens (tertiary/aromatic N) is 1. The Morgan fingerprint density at radius 2 is 2.11 bits per heavy atom. The molecule has 0 aliphatic heterocycles. The monoisotopic (exact) mass is 250 g/mol. The molecule has 1 aliphatic rings. The Labute approximate surface area is 108 Å². The number of furan rings is 1. The summed E-state index contributed by atoms with van der Waals surface area (Å²) in [6.07, 6.45) is 4.66. The van der Waals surface area contributed by atoms with Gasteiger partial charge in [0.15, 0.2) is 0 Å². The minimum atomic E-state index is -0.273. The standard InChI is InChI=1S/C14H22N2O2/c1-11-5-6-12(18-11)10-16(2)13(17)9-14(15)7-3-4-8-14/h5-6H,3-4,7-10,15H2,1-2H3. The highest BCUT2D eigenvalue weighted by Crippen LogP contribution is 2.30. The Bertz CT molecular complexity index is 419. The van der Waals surface area contributed by atoms with E-state index in [1.165, 1.54) is 0 Å². The van der Waals surface area contributed by atoms with Crippen LogP contribution in [0.3, 0.4) is 0 Å². The number of amides is 1. The summed E-state index contributed by atoms with van der Waals surface area (Å²) in [4.78, 5) is 13.8. The topological polar surface area (TPSA) is 59.5 Å². The molecule has 1 saturated carbocycles. The fourth-order valence-corrected chi connectivity index (χ4v) is 2.58. The van der Waals surface area contributed by atoms with Crippen LogP contribution in [0.4, 0.5) is 0 Å². The molecular formula is C14H22N2O2. The second kappa shape index (κ2) is 5.14. The second-order valence-corrected chi connectivity index (χ2v) is 5.51. The van der Waals surface area contributed by atoms with Crippen molar-refractivity contribution in [3.8, 4) is 0 Å². The molecule has 0 radical (unpaired) electrons. The molecule has 1 aliphatic carbocycles. The van der Waals surface area contributed by atoms with E-state index in [9.17, 15) is 4.79 Å². The van der Waals surface area contributed by atoms with Crippen LogP contribution in [0, 0.1) is 6.92 Å². The van der Waals surface area contributed by atoms with Gasteiger partial charge in [-0.2, -0.15) is 0 Å². The highest BCUT2D eigenvalue weighted by atomic mass is 16.3. The molecule has 18 heavy (non-hydrogen) atoms. The lowest BCUT2D eigenvalue weighted by Crippen LogP contribution is -2.42. The van der Waals surface area contributed by atoms with Crippen LogP contribution in [0.5, 0.6) is 0 Å². The van der Waals surface area contributed by atoms with Gasteiger partial charge < -0.3 is 15.1 Å². The molecule has 0 unspecified atom stereocenters. The van der Waals surface area contributed by atoms with Crippen LogP contribution in [-0.2, 0) is 11.3 Å². The van der Waals surface area contributed by atoms with E-state index in [1.54, 1.807) is 11.9 Å². The molecular weight excluding hydrogens is 228 g/mol. The van der Waals surface area contributed by atoms with Crippen LogP contribution in [0.25, 0.3) is 0 Å². The fourth-order valence-electron chi connectivity index (χ4n) is 2.58. The van der Waals surface area contributed by atoms with Gasteiger partial charge >= 0.3 is 0 Å². The highest BCUT2D eigenvalue weighted by Gasteiger charge is 2.32. The molecule has 0 saturated heterocycles. The van der Waals surface area contributed by atoms with E-state index in [4.69, 9.17) is 10.2 Å². The van der Waals surface area contributed by atoms with Crippen LogP contribution in [0.2, 0.25) is 0 Å². The number of carbonyl (C=O) groups excluding carboxylic acids is 1. The van der Waals surface area contributed by atoms with Gasteiger partial charge in [-0.25, -0.2) is 0 Å². The van der Waals surface area contributed by atoms with E-state index in [0.29, 0.717) is 13.0 Å². The maximum Gasteiger partial charge on any atom is 0.224 e. The third-order valence-corrected chi connectivity index (χ3v) is 3.72. The molecule has 1 fully saturated rings. The predicted octanol–water partition coefficient (Wildman–Crippen LogP) is 2.21. The zero-order valence-corrected chi connectivity index (χ0v) is 11.2. The van der Waals surface area contributed by atoms with Crippen molar-refractivity contribution in [3.63, 3.8) is 0 Å². The Balaban J connectivity index is 1.88. The number of aryl methyl sites for hydroxylation is 1. The quantitative estimate of drug-likeness (QED) is 0.891.